The van der Waals surface area contributed by atoms with Crippen LogP contribution in [0.5, 0.6) is 0 Å². The van der Waals surface area contributed by atoms with E-state index in [9.17, 15) is 0 Å². The van der Waals surface area contributed by atoms with Crippen LogP contribution in [0.25, 0.3) is 0 Å². The maximum absolute atomic E-state index is 6.02. The molecule has 0 aromatic heterocycles. The smallest absolute Gasteiger partial charge is 0.143 e. The molecule has 0 unspecified atom stereocenters. The second-order valence-electron chi connectivity index (χ2n) is 3.80. The van der Waals surface area contributed by atoms with E-state index in [2.05, 4.69) is 21.1 Å². The second-order valence-corrected chi connectivity index (χ2v) is 5.55. The molecule has 0 amide bonds. The van der Waals surface area contributed by atoms with Gasteiger partial charge in [-0.15, -0.1) is 0 Å². The van der Waals surface area contributed by atoms with Crippen molar-refractivity contribution in [3.63, 3.8) is 0 Å². The van der Waals surface area contributed by atoms with Gasteiger partial charge in [-0.25, -0.2) is 0 Å². The van der Waals surface area contributed by atoms with Crippen molar-refractivity contribution in [2.45, 2.75) is 6.61 Å². The zero-order chi connectivity index (χ0) is 13.7. The highest BCUT2D eigenvalue weighted by atomic mass is 79.9. The molecular weight excluding hydrogens is 349 g/mol. The standard InChI is InChI=1S/C14H10BrCl2NO/c15-12-4-1-10(2-5-12)8-18-19-9-11-3-6-13(16)7-14(11)17/h1-8H,9H2. The quantitative estimate of drug-likeness (QED) is 0.536. The third kappa shape index (κ3) is 4.53. The normalized spacial score (nSPS) is 10.9. The van der Waals surface area contributed by atoms with Crippen LogP contribution in [0.1, 0.15) is 11.1 Å². The van der Waals surface area contributed by atoms with E-state index in [0.29, 0.717) is 16.7 Å². The van der Waals surface area contributed by atoms with Gasteiger partial charge in [0.15, 0.2) is 0 Å². The highest BCUT2D eigenvalue weighted by Crippen LogP contribution is 2.21. The third-order valence-electron chi connectivity index (χ3n) is 2.38. The first kappa shape index (κ1) is 14.4. The summed E-state index contributed by atoms with van der Waals surface area (Å²) in [7, 11) is 0. The van der Waals surface area contributed by atoms with Gasteiger partial charge in [0.05, 0.1) is 6.21 Å². The van der Waals surface area contributed by atoms with Gasteiger partial charge in [-0.2, -0.15) is 0 Å². The molecule has 2 aromatic rings. The number of halogens is 3. The maximum atomic E-state index is 6.02. The van der Waals surface area contributed by atoms with Crippen LogP contribution in [-0.2, 0) is 11.4 Å². The van der Waals surface area contributed by atoms with E-state index < -0.39 is 0 Å². The van der Waals surface area contributed by atoms with Crippen LogP contribution in [0.4, 0.5) is 0 Å². The first-order chi connectivity index (χ1) is 9.15. The monoisotopic (exact) mass is 357 g/mol. The molecule has 19 heavy (non-hydrogen) atoms. The van der Waals surface area contributed by atoms with Crippen molar-refractivity contribution in [1.29, 1.82) is 0 Å². The van der Waals surface area contributed by atoms with Crippen molar-refractivity contribution in [2.75, 3.05) is 0 Å². The summed E-state index contributed by atoms with van der Waals surface area (Å²) in [5, 5.41) is 5.08. The number of benzene rings is 2. The van der Waals surface area contributed by atoms with E-state index in [-0.39, 0.29) is 0 Å². The summed E-state index contributed by atoms with van der Waals surface area (Å²) in [5.74, 6) is 0. The molecule has 0 radical (unpaired) electrons. The fourth-order valence-corrected chi connectivity index (χ4v) is 2.12. The Bertz CT molecular complexity index is 584. The van der Waals surface area contributed by atoms with Crippen LogP contribution in [0, 0.1) is 0 Å². The van der Waals surface area contributed by atoms with E-state index in [1.807, 2.05) is 30.3 Å². The first-order valence-corrected chi connectivity index (χ1v) is 7.05. The van der Waals surface area contributed by atoms with Crippen molar-refractivity contribution in [3.8, 4) is 0 Å². The predicted octanol–water partition coefficient (Wildman–Crippen LogP) is 5.31. The Kier molecular flexibility index (Phi) is 5.25. The number of oxime groups is 1. The second kappa shape index (κ2) is 6.94. The number of hydrogen-bond acceptors (Lipinski definition) is 2. The summed E-state index contributed by atoms with van der Waals surface area (Å²) in [6.45, 7) is 0.309. The Morgan fingerprint density at radius 1 is 1.11 bits per heavy atom. The van der Waals surface area contributed by atoms with Gasteiger partial charge in [0.1, 0.15) is 6.61 Å². The lowest BCUT2D eigenvalue weighted by Crippen LogP contribution is -1.89. The summed E-state index contributed by atoms with van der Waals surface area (Å²) in [6.07, 6.45) is 1.65. The van der Waals surface area contributed by atoms with Gasteiger partial charge < -0.3 is 4.84 Å². The zero-order valence-electron chi connectivity index (χ0n) is 9.82. The summed E-state index contributed by atoms with van der Waals surface area (Å²) in [6, 6.07) is 13.0. The van der Waals surface area contributed by atoms with Crippen LogP contribution in [0.15, 0.2) is 52.1 Å². The Labute approximate surface area is 130 Å². The molecule has 0 spiro atoms. The van der Waals surface area contributed by atoms with E-state index in [0.717, 1.165) is 15.6 Å². The van der Waals surface area contributed by atoms with Gasteiger partial charge in [0, 0.05) is 20.1 Å². The topological polar surface area (TPSA) is 21.6 Å². The van der Waals surface area contributed by atoms with Crippen LogP contribution in [-0.4, -0.2) is 6.21 Å². The molecule has 0 aliphatic rings. The summed E-state index contributed by atoms with van der Waals surface area (Å²) < 4.78 is 1.03. The lowest BCUT2D eigenvalue weighted by atomic mass is 10.2. The largest absolute Gasteiger partial charge is 0.391 e. The molecular formula is C14H10BrCl2NO. The van der Waals surface area contributed by atoms with E-state index in [4.69, 9.17) is 28.0 Å². The number of nitrogens with zero attached hydrogens (tertiary/aromatic N) is 1. The molecule has 0 heterocycles. The van der Waals surface area contributed by atoms with Crippen LogP contribution >= 0.6 is 39.1 Å². The summed E-state index contributed by atoms with van der Waals surface area (Å²) >= 11 is 15.2. The van der Waals surface area contributed by atoms with E-state index in [1.165, 1.54) is 0 Å². The van der Waals surface area contributed by atoms with Crippen LogP contribution < -0.4 is 0 Å². The minimum Gasteiger partial charge on any atom is -0.391 e. The SMILES string of the molecule is Clc1ccc(CON=Cc2ccc(Br)cc2)c(Cl)c1. The third-order valence-corrected chi connectivity index (χ3v) is 3.50. The summed E-state index contributed by atoms with van der Waals surface area (Å²) in [5.41, 5.74) is 1.81. The number of hydrogen-bond donors (Lipinski definition) is 0. The molecule has 0 atom stereocenters. The minimum absolute atomic E-state index is 0.309. The van der Waals surface area contributed by atoms with Crippen LogP contribution in [0.3, 0.4) is 0 Å². The Balaban J connectivity index is 1.91. The molecule has 2 nitrogen and oxygen atoms in total. The van der Waals surface area contributed by atoms with E-state index >= 15 is 0 Å². The van der Waals surface area contributed by atoms with Gasteiger partial charge in [-0.3, -0.25) is 0 Å². The lowest BCUT2D eigenvalue weighted by molar-refractivity contribution is 0.132. The van der Waals surface area contributed by atoms with Crippen molar-refractivity contribution in [2.24, 2.45) is 5.16 Å². The summed E-state index contributed by atoms with van der Waals surface area (Å²) in [4.78, 5) is 5.20. The Morgan fingerprint density at radius 3 is 2.53 bits per heavy atom. The van der Waals surface area contributed by atoms with Gasteiger partial charge in [-0.1, -0.05) is 62.5 Å². The molecule has 0 aliphatic heterocycles. The molecule has 98 valence electrons. The fraction of sp³-hybridized carbons (Fsp3) is 0.0714. The Morgan fingerprint density at radius 2 is 1.84 bits per heavy atom. The highest BCUT2D eigenvalue weighted by Gasteiger charge is 2.01. The average molecular weight is 359 g/mol. The molecule has 0 aliphatic carbocycles. The molecule has 5 heteroatoms. The lowest BCUT2D eigenvalue weighted by Gasteiger charge is -2.03. The van der Waals surface area contributed by atoms with Crippen LogP contribution in [0.2, 0.25) is 10.0 Å². The first-order valence-electron chi connectivity index (χ1n) is 5.50. The average Bonchev–Trinajstić information content (AvgIpc) is 2.39. The van der Waals surface area contributed by atoms with Crippen molar-refractivity contribution < 1.29 is 4.84 Å². The van der Waals surface area contributed by atoms with Gasteiger partial charge in [0.25, 0.3) is 0 Å². The molecule has 2 rings (SSSR count). The minimum atomic E-state index is 0.309. The Hall–Kier alpha value is -1.03. The maximum Gasteiger partial charge on any atom is 0.143 e. The predicted molar refractivity (Wildman–Crippen MR) is 83.0 cm³/mol. The zero-order valence-corrected chi connectivity index (χ0v) is 12.9. The van der Waals surface area contributed by atoms with Gasteiger partial charge in [0.2, 0.25) is 0 Å². The molecule has 0 bridgehead atoms. The molecule has 2 aromatic carbocycles. The van der Waals surface area contributed by atoms with Crippen molar-refractivity contribution >= 4 is 45.3 Å². The molecule has 0 N–H and O–H groups in total. The van der Waals surface area contributed by atoms with Gasteiger partial charge >= 0.3 is 0 Å². The van der Waals surface area contributed by atoms with E-state index in [1.54, 1.807) is 18.3 Å². The fourth-order valence-electron chi connectivity index (χ4n) is 1.39. The number of rotatable bonds is 4. The molecule has 0 saturated carbocycles. The molecule has 0 fully saturated rings. The van der Waals surface area contributed by atoms with Crippen molar-refractivity contribution in [1.82, 2.24) is 0 Å². The molecule has 0 saturated heterocycles. The highest BCUT2D eigenvalue weighted by molar-refractivity contribution is 9.10. The van der Waals surface area contributed by atoms with Gasteiger partial charge in [-0.05, 0) is 29.8 Å². The van der Waals surface area contributed by atoms with Crippen molar-refractivity contribution in [3.05, 3.63) is 68.1 Å².